The molecule has 15 heavy (non-hydrogen) atoms. The summed E-state index contributed by atoms with van der Waals surface area (Å²) >= 11 is 0. The Morgan fingerprint density at radius 1 is 1.53 bits per heavy atom. The highest BCUT2D eigenvalue weighted by molar-refractivity contribution is 5.42. The zero-order valence-corrected chi connectivity index (χ0v) is 8.94. The van der Waals surface area contributed by atoms with Crippen LogP contribution < -0.4 is 10.5 Å². The Balaban J connectivity index is 2.07. The molecule has 1 aliphatic rings. The van der Waals surface area contributed by atoms with Crippen molar-refractivity contribution < 1.29 is 9.84 Å². The van der Waals surface area contributed by atoms with E-state index in [1.165, 1.54) is 12.8 Å². The Labute approximate surface area is 89.9 Å². The van der Waals surface area contributed by atoms with Gasteiger partial charge in [-0.05, 0) is 42.9 Å². The lowest BCUT2D eigenvalue weighted by Crippen LogP contribution is -2.24. The van der Waals surface area contributed by atoms with Crippen LogP contribution in [0.1, 0.15) is 18.4 Å². The predicted molar refractivity (Wildman–Crippen MR) is 59.1 cm³/mol. The molecule has 2 rings (SSSR count). The highest BCUT2D eigenvalue weighted by atomic mass is 16.5. The maximum absolute atomic E-state index is 9.43. The molecule has 1 aromatic rings. The Hall–Kier alpha value is -1.22. The first-order chi connectivity index (χ1) is 7.20. The normalized spacial score (nSPS) is 17.5. The summed E-state index contributed by atoms with van der Waals surface area (Å²) in [4.78, 5) is 0. The highest BCUT2D eigenvalue weighted by Gasteiger charge is 2.28. The van der Waals surface area contributed by atoms with Gasteiger partial charge in [0.1, 0.15) is 0 Å². The van der Waals surface area contributed by atoms with Crippen LogP contribution in [-0.4, -0.2) is 18.3 Å². The van der Waals surface area contributed by atoms with Crippen molar-refractivity contribution in [3.05, 3.63) is 23.8 Å². The summed E-state index contributed by atoms with van der Waals surface area (Å²) in [6.07, 6.45) is 3.38. The topological polar surface area (TPSA) is 55.5 Å². The molecule has 1 aromatic carbocycles. The SMILES string of the molecule is COc1cc(CC(N)C2CC2)ccc1O. The van der Waals surface area contributed by atoms with Gasteiger partial charge in [-0.25, -0.2) is 0 Å². The Bertz CT molecular complexity index is 347. The fourth-order valence-corrected chi connectivity index (χ4v) is 1.81. The van der Waals surface area contributed by atoms with E-state index >= 15 is 0 Å². The van der Waals surface area contributed by atoms with E-state index in [-0.39, 0.29) is 11.8 Å². The first-order valence-corrected chi connectivity index (χ1v) is 5.32. The van der Waals surface area contributed by atoms with Gasteiger partial charge in [-0.2, -0.15) is 0 Å². The highest BCUT2D eigenvalue weighted by Crippen LogP contribution is 2.34. The molecular weight excluding hydrogens is 190 g/mol. The summed E-state index contributed by atoms with van der Waals surface area (Å²) in [6, 6.07) is 5.67. The van der Waals surface area contributed by atoms with Gasteiger partial charge in [-0.1, -0.05) is 6.07 Å². The largest absolute Gasteiger partial charge is 0.504 e. The second-order valence-corrected chi connectivity index (χ2v) is 4.21. The number of methoxy groups -OCH3 is 1. The lowest BCUT2D eigenvalue weighted by atomic mass is 10.0. The summed E-state index contributed by atoms with van der Waals surface area (Å²) in [7, 11) is 1.56. The third kappa shape index (κ3) is 2.42. The minimum absolute atomic E-state index is 0.182. The monoisotopic (exact) mass is 207 g/mol. The Morgan fingerprint density at radius 3 is 2.87 bits per heavy atom. The van der Waals surface area contributed by atoms with Crippen LogP contribution in [0.15, 0.2) is 18.2 Å². The third-order valence-corrected chi connectivity index (χ3v) is 2.94. The lowest BCUT2D eigenvalue weighted by Gasteiger charge is -2.11. The lowest BCUT2D eigenvalue weighted by molar-refractivity contribution is 0.372. The average molecular weight is 207 g/mol. The Kier molecular flexibility index (Phi) is 2.82. The van der Waals surface area contributed by atoms with Gasteiger partial charge in [0, 0.05) is 6.04 Å². The van der Waals surface area contributed by atoms with Gasteiger partial charge in [0.25, 0.3) is 0 Å². The van der Waals surface area contributed by atoms with Gasteiger partial charge in [0.2, 0.25) is 0 Å². The van der Waals surface area contributed by atoms with Crippen molar-refractivity contribution in [2.24, 2.45) is 11.7 Å². The maximum atomic E-state index is 9.43. The quantitative estimate of drug-likeness (QED) is 0.789. The maximum Gasteiger partial charge on any atom is 0.160 e. The molecule has 1 atom stereocenters. The van der Waals surface area contributed by atoms with Gasteiger partial charge in [0.05, 0.1) is 7.11 Å². The van der Waals surface area contributed by atoms with Crippen LogP contribution in [0.2, 0.25) is 0 Å². The van der Waals surface area contributed by atoms with Gasteiger partial charge in [0.15, 0.2) is 11.5 Å². The van der Waals surface area contributed by atoms with Crippen LogP contribution in [0.25, 0.3) is 0 Å². The molecule has 82 valence electrons. The van der Waals surface area contributed by atoms with E-state index in [0.717, 1.165) is 12.0 Å². The van der Waals surface area contributed by atoms with Crippen molar-refractivity contribution in [2.75, 3.05) is 7.11 Å². The molecule has 3 nitrogen and oxygen atoms in total. The molecule has 0 spiro atoms. The molecule has 1 saturated carbocycles. The molecule has 0 aliphatic heterocycles. The molecule has 0 aromatic heterocycles. The van der Waals surface area contributed by atoms with Gasteiger partial charge >= 0.3 is 0 Å². The van der Waals surface area contributed by atoms with E-state index < -0.39 is 0 Å². The number of aromatic hydroxyl groups is 1. The van der Waals surface area contributed by atoms with Crippen molar-refractivity contribution in [3.8, 4) is 11.5 Å². The van der Waals surface area contributed by atoms with Crippen LogP contribution in [-0.2, 0) is 6.42 Å². The predicted octanol–water partition coefficient (Wildman–Crippen LogP) is 1.68. The van der Waals surface area contributed by atoms with Gasteiger partial charge in [-0.15, -0.1) is 0 Å². The van der Waals surface area contributed by atoms with Crippen molar-refractivity contribution in [3.63, 3.8) is 0 Å². The zero-order chi connectivity index (χ0) is 10.8. The van der Waals surface area contributed by atoms with E-state index in [9.17, 15) is 5.11 Å². The van der Waals surface area contributed by atoms with Crippen molar-refractivity contribution in [2.45, 2.75) is 25.3 Å². The van der Waals surface area contributed by atoms with Crippen LogP contribution in [0, 0.1) is 5.92 Å². The number of nitrogens with two attached hydrogens (primary N) is 1. The van der Waals surface area contributed by atoms with Crippen LogP contribution in [0.5, 0.6) is 11.5 Å². The molecule has 1 aliphatic carbocycles. The van der Waals surface area contributed by atoms with E-state index in [1.807, 2.05) is 12.1 Å². The van der Waals surface area contributed by atoms with E-state index in [4.69, 9.17) is 10.5 Å². The van der Waals surface area contributed by atoms with Crippen molar-refractivity contribution >= 4 is 0 Å². The molecule has 1 fully saturated rings. The molecule has 0 saturated heterocycles. The molecule has 0 bridgehead atoms. The Morgan fingerprint density at radius 2 is 2.27 bits per heavy atom. The van der Waals surface area contributed by atoms with E-state index in [0.29, 0.717) is 11.7 Å². The standard InChI is InChI=1S/C12H17NO2/c1-15-12-7-8(2-5-11(12)14)6-10(13)9-3-4-9/h2,5,7,9-10,14H,3-4,6,13H2,1H3. The molecule has 3 N–H and O–H groups in total. The van der Waals surface area contributed by atoms with Gasteiger partial charge < -0.3 is 15.6 Å². The number of phenols is 1. The summed E-state index contributed by atoms with van der Waals surface area (Å²) in [5, 5.41) is 9.43. The summed E-state index contributed by atoms with van der Waals surface area (Å²) < 4.78 is 5.05. The minimum atomic E-state index is 0.182. The average Bonchev–Trinajstić information content (AvgIpc) is 3.04. The molecule has 0 amide bonds. The second-order valence-electron chi connectivity index (χ2n) is 4.21. The molecular formula is C12H17NO2. The number of ether oxygens (including phenoxy) is 1. The fourth-order valence-electron chi connectivity index (χ4n) is 1.81. The summed E-state index contributed by atoms with van der Waals surface area (Å²) in [5.74, 6) is 1.40. The van der Waals surface area contributed by atoms with Crippen LogP contribution in [0.4, 0.5) is 0 Å². The number of hydrogen-bond acceptors (Lipinski definition) is 3. The first kappa shape index (κ1) is 10.3. The second kappa shape index (κ2) is 4.11. The number of hydrogen-bond donors (Lipinski definition) is 2. The molecule has 0 radical (unpaired) electrons. The minimum Gasteiger partial charge on any atom is -0.504 e. The van der Waals surface area contributed by atoms with Crippen LogP contribution in [0.3, 0.4) is 0 Å². The first-order valence-electron chi connectivity index (χ1n) is 5.32. The van der Waals surface area contributed by atoms with Gasteiger partial charge in [-0.3, -0.25) is 0 Å². The molecule has 1 unspecified atom stereocenters. The summed E-state index contributed by atoms with van der Waals surface area (Å²) in [6.45, 7) is 0. The van der Waals surface area contributed by atoms with E-state index in [2.05, 4.69) is 0 Å². The number of rotatable bonds is 4. The van der Waals surface area contributed by atoms with E-state index in [1.54, 1.807) is 13.2 Å². The smallest absolute Gasteiger partial charge is 0.160 e. The van der Waals surface area contributed by atoms with Crippen molar-refractivity contribution in [1.82, 2.24) is 0 Å². The summed E-state index contributed by atoms with van der Waals surface area (Å²) in [5.41, 5.74) is 7.17. The zero-order valence-electron chi connectivity index (χ0n) is 8.94. The molecule has 0 heterocycles. The third-order valence-electron chi connectivity index (χ3n) is 2.94. The van der Waals surface area contributed by atoms with Crippen molar-refractivity contribution in [1.29, 1.82) is 0 Å². The number of phenolic OH excluding ortho intramolecular Hbond substituents is 1. The number of benzene rings is 1. The molecule has 3 heteroatoms. The van der Waals surface area contributed by atoms with Crippen LogP contribution >= 0.6 is 0 Å². The fraction of sp³-hybridized carbons (Fsp3) is 0.500.